The zero-order valence-corrected chi connectivity index (χ0v) is 12.9. The summed E-state index contributed by atoms with van der Waals surface area (Å²) in [6.07, 6.45) is 0.546. The van der Waals surface area contributed by atoms with Crippen LogP contribution in [0.15, 0.2) is 22.8 Å². The van der Waals surface area contributed by atoms with Crippen molar-refractivity contribution in [1.29, 1.82) is 0 Å². The average molecular weight is 325 g/mol. The van der Waals surface area contributed by atoms with E-state index in [-0.39, 0.29) is 6.61 Å². The van der Waals surface area contributed by atoms with Crippen LogP contribution in [0.5, 0.6) is 5.75 Å². The molecule has 0 spiro atoms. The maximum Gasteiger partial charge on any atom is 0.132 e. The second-order valence-electron chi connectivity index (χ2n) is 4.38. The van der Waals surface area contributed by atoms with Gasteiger partial charge in [0.05, 0.1) is 19.4 Å². The minimum absolute atomic E-state index is 0.0956. The van der Waals surface area contributed by atoms with Crippen LogP contribution in [-0.2, 0) is 13.5 Å². The molecule has 0 bridgehead atoms. The third-order valence-electron chi connectivity index (χ3n) is 3.15. The summed E-state index contributed by atoms with van der Waals surface area (Å²) in [5.74, 6) is 1.73. The Balaban J connectivity index is 2.49. The summed E-state index contributed by atoms with van der Waals surface area (Å²) in [5.41, 5.74) is 3.16. The third-order valence-corrected chi connectivity index (χ3v) is 3.70. The number of rotatable bonds is 4. The number of aromatic nitrogens is 2. The van der Waals surface area contributed by atoms with E-state index in [0.717, 1.165) is 33.0 Å². The van der Waals surface area contributed by atoms with Gasteiger partial charge in [-0.1, -0.05) is 0 Å². The van der Waals surface area contributed by atoms with Gasteiger partial charge in [0.2, 0.25) is 0 Å². The van der Waals surface area contributed by atoms with Crippen LogP contribution in [-0.4, -0.2) is 28.4 Å². The maximum atomic E-state index is 9.04. The van der Waals surface area contributed by atoms with Crippen LogP contribution in [0.3, 0.4) is 0 Å². The number of methoxy groups -OCH3 is 1. The zero-order chi connectivity index (χ0) is 14.0. The number of halogens is 1. The van der Waals surface area contributed by atoms with Crippen molar-refractivity contribution in [2.45, 2.75) is 13.3 Å². The Labute approximate surface area is 121 Å². The topological polar surface area (TPSA) is 47.3 Å². The summed E-state index contributed by atoms with van der Waals surface area (Å²) in [6.45, 7) is 2.11. The molecule has 0 aliphatic rings. The summed E-state index contributed by atoms with van der Waals surface area (Å²) in [4.78, 5) is 4.44. The minimum Gasteiger partial charge on any atom is -0.496 e. The van der Waals surface area contributed by atoms with E-state index in [1.165, 1.54) is 0 Å². The molecule has 0 atom stereocenters. The first-order chi connectivity index (χ1) is 9.08. The van der Waals surface area contributed by atoms with Gasteiger partial charge in [0.25, 0.3) is 0 Å². The predicted octanol–water partition coefficient (Wildman–Crippen LogP) is 2.70. The fraction of sp³-hybridized carbons (Fsp3) is 0.357. The molecule has 0 saturated heterocycles. The van der Waals surface area contributed by atoms with Gasteiger partial charge in [-0.3, -0.25) is 0 Å². The number of benzene rings is 1. The minimum atomic E-state index is 0.0956. The van der Waals surface area contributed by atoms with E-state index < -0.39 is 0 Å². The van der Waals surface area contributed by atoms with Crippen molar-refractivity contribution in [3.05, 3.63) is 34.2 Å². The Morgan fingerprint density at radius 1 is 1.42 bits per heavy atom. The fourth-order valence-corrected chi connectivity index (χ4v) is 2.87. The highest BCUT2D eigenvalue weighted by Crippen LogP contribution is 2.31. The SMILES string of the molecule is COc1ccc(-c2c(Br)nc(CCO)n2C)cc1C. The molecule has 4 nitrogen and oxygen atoms in total. The number of aryl methyl sites for hydroxylation is 1. The highest BCUT2D eigenvalue weighted by Gasteiger charge is 2.15. The lowest BCUT2D eigenvalue weighted by Crippen LogP contribution is -2.02. The molecule has 0 amide bonds. The largest absolute Gasteiger partial charge is 0.496 e. The van der Waals surface area contributed by atoms with Crippen molar-refractivity contribution in [2.24, 2.45) is 7.05 Å². The quantitative estimate of drug-likeness (QED) is 0.940. The number of hydrogen-bond acceptors (Lipinski definition) is 3. The van der Waals surface area contributed by atoms with Crippen molar-refractivity contribution in [3.8, 4) is 17.0 Å². The average Bonchev–Trinajstić information content (AvgIpc) is 2.65. The van der Waals surface area contributed by atoms with Crippen LogP contribution in [0.1, 0.15) is 11.4 Å². The van der Waals surface area contributed by atoms with Gasteiger partial charge in [-0.25, -0.2) is 4.98 Å². The van der Waals surface area contributed by atoms with Gasteiger partial charge in [-0.2, -0.15) is 0 Å². The van der Waals surface area contributed by atoms with E-state index in [2.05, 4.69) is 27.0 Å². The summed E-state index contributed by atoms with van der Waals surface area (Å²) in [7, 11) is 3.62. The first kappa shape index (κ1) is 14.1. The molecule has 2 rings (SSSR count). The predicted molar refractivity (Wildman–Crippen MR) is 78.4 cm³/mol. The molecule has 2 aromatic rings. The van der Waals surface area contributed by atoms with Crippen molar-refractivity contribution in [3.63, 3.8) is 0 Å². The van der Waals surface area contributed by atoms with Crippen LogP contribution in [0.25, 0.3) is 11.3 Å². The second kappa shape index (κ2) is 5.75. The molecule has 0 saturated carbocycles. The van der Waals surface area contributed by atoms with Gasteiger partial charge >= 0.3 is 0 Å². The van der Waals surface area contributed by atoms with Gasteiger partial charge in [0.15, 0.2) is 0 Å². The number of aliphatic hydroxyl groups is 1. The zero-order valence-electron chi connectivity index (χ0n) is 11.3. The molecule has 0 radical (unpaired) electrons. The van der Waals surface area contributed by atoms with E-state index in [1.807, 2.05) is 30.7 Å². The number of nitrogens with zero attached hydrogens (tertiary/aromatic N) is 2. The molecule has 0 aliphatic carbocycles. The standard InChI is InChI=1S/C14H17BrN2O2/c1-9-8-10(4-5-11(9)19-3)13-14(15)16-12(6-7-18)17(13)2/h4-5,8,18H,6-7H2,1-3H3. The number of ether oxygens (including phenoxy) is 1. The lowest BCUT2D eigenvalue weighted by Gasteiger charge is -2.09. The van der Waals surface area contributed by atoms with Crippen molar-refractivity contribution < 1.29 is 9.84 Å². The normalized spacial score (nSPS) is 10.8. The molecule has 1 heterocycles. The molecule has 0 fully saturated rings. The van der Waals surface area contributed by atoms with Gasteiger partial charge in [-0.05, 0) is 46.6 Å². The first-order valence-electron chi connectivity index (χ1n) is 6.05. The third kappa shape index (κ3) is 2.67. The van der Waals surface area contributed by atoms with Crippen LogP contribution in [0.4, 0.5) is 0 Å². The summed E-state index contributed by atoms with van der Waals surface area (Å²) in [6, 6.07) is 6.04. The molecular formula is C14H17BrN2O2. The molecule has 1 N–H and O–H groups in total. The van der Waals surface area contributed by atoms with E-state index >= 15 is 0 Å². The summed E-state index contributed by atoms with van der Waals surface area (Å²) in [5, 5.41) is 9.04. The monoisotopic (exact) mass is 324 g/mol. The molecular weight excluding hydrogens is 308 g/mol. The van der Waals surface area contributed by atoms with Gasteiger partial charge in [0.1, 0.15) is 16.2 Å². The number of hydrogen-bond donors (Lipinski definition) is 1. The number of imidazole rings is 1. The maximum absolute atomic E-state index is 9.04. The summed E-state index contributed by atoms with van der Waals surface area (Å²) >= 11 is 3.49. The van der Waals surface area contributed by atoms with Gasteiger partial charge < -0.3 is 14.4 Å². The Bertz CT molecular complexity index is 593. The van der Waals surface area contributed by atoms with E-state index in [1.54, 1.807) is 7.11 Å². The molecule has 1 aromatic carbocycles. The lowest BCUT2D eigenvalue weighted by molar-refractivity contribution is 0.295. The molecule has 102 valence electrons. The Hall–Kier alpha value is -1.33. The molecule has 19 heavy (non-hydrogen) atoms. The van der Waals surface area contributed by atoms with E-state index in [9.17, 15) is 0 Å². The lowest BCUT2D eigenvalue weighted by atomic mass is 10.1. The van der Waals surface area contributed by atoms with E-state index in [0.29, 0.717) is 6.42 Å². The van der Waals surface area contributed by atoms with E-state index in [4.69, 9.17) is 9.84 Å². The highest BCUT2D eigenvalue weighted by molar-refractivity contribution is 9.10. The molecule has 1 aromatic heterocycles. The second-order valence-corrected chi connectivity index (χ2v) is 5.14. The van der Waals surface area contributed by atoms with Crippen LogP contribution >= 0.6 is 15.9 Å². The molecule has 0 unspecified atom stereocenters. The Morgan fingerprint density at radius 2 is 2.16 bits per heavy atom. The van der Waals surface area contributed by atoms with Crippen LogP contribution in [0.2, 0.25) is 0 Å². The van der Waals surface area contributed by atoms with Crippen molar-refractivity contribution in [1.82, 2.24) is 9.55 Å². The Kier molecular flexibility index (Phi) is 4.27. The van der Waals surface area contributed by atoms with Crippen molar-refractivity contribution in [2.75, 3.05) is 13.7 Å². The highest BCUT2D eigenvalue weighted by atomic mass is 79.9. The summed E-state index contributed by atoms with van der Waals surface area (Å²) < 4.78 is 8.07. The molecule has 5 heteroatoms. The number of aliphatic hydroxyl groups excluding tert-OH is 1. The molecule has 0 aliphatic heterocycles. The smallest absolute Gasteiger partial charge is 0.132 e. The van der Waals surface area contributed by atoms with Gasteiger partial charge in [-0.15, -0.1) is 0 Å². The van der Waals surface area contributed by atoms with Crippen LogP contribution < -0.4 is 4.74 Å². The first-order valence-corrected chi connectivity index (χ1v) is 6.84. The fourth-order valence-electron chi connectivity index (χ4n) is 2.17. The van der Waals surface area contributed by atoms with Crippen LogP contribution in [0, 0.1) is 6.92 Å². The van der Waals surface area contributed by atoms with Gasteiger partial charge in [0, 0.05) is 19.0 Å². The van der Waals surface area contributed by atoms with Crippen molar-refractivity contribution >= 4 is 15.9 Å². The Morgan fingerprint density at radius 3 is 2.74 bits per heavy atom.